The number of methoxy groups -OCH3 is 2. The van der Waals surface area contributed by atoms with Crippen molar-refractivity contribution >= 4 is 23.6 Å². The lowest BCUT2D eigenvalue weighted by Gasteiger charge is -2.39. The van der Waals surface area contributed by atoms with Gasteiger partial charge in [-0.1, -0.05) is 71.4 Å². The van der Waals surface area contributed by atoms with Crippen LogP contribution in [0, 0.1) is 17.8 Å². The van der Waals surface area contributed by atoms with E-state index in [0.717, 1.165) is 12.8 Å². The molecule has 1 saturated heterocycles. The summed E-state index contributed by atoms with van der Waals surface area (Å²) in [5, 5.41) is 24.6. The van der Waals surface area contributed by atoms with E-state index in [1.807, 2.05) is 77.0 Å². The fourth-order valence-electron chi connectivity index (χ4n) is 7.22. The summed E-state index contributed by atoms with van der Waals surface area (Å²) < 4.78 is 11.8. The first-order chi connectivity index (χ1) is 24.8. The van der Waals surface area contributed by atoms with Crippen LogP contribution in [-0.4, -0.2) is 139 Å². The van der Waals surface area contributed by atoms with Crippen molar-refractivity contribution in [1.29, 1.82) is 0 Å². The topological polar surface area (TPSA) is 161 Å². The van der Waals surface area contributed by atoms with Gasteiger partial charge >= 0.3 is 0 Å². The van der Waals surface area contributed by atoms with Gasteiger partial charge in [-0.25, -0.2) is 0 Å². The molecule has 0 aliphatic carbocycles. The molecular formula is C40H71N5O8. The van der Waals surface area contributed by atoms with Crippen LogP contribution in [0.3, 0.4) is 0 Å². The van der Waals surface area contributed by atoms with E-state index < -0.39 is 36.3 Å². The summed E-state index contributed by atoms with van der Waals surface area (Å²) in [5.41, 5.74) is 0.711. The summed E-state index contributed by atoms with van der Waals surface area (Å²) in [5.74, 6) is -1.40. The molecule has 1 aliphatic rings. The second kappa shape index (κ2) is 23.6. The number of rotatable bonds is 19. The third-order valence-corrected chi connectivity index (χ3v) is 10.2. The second-order valence-corrected chi connectivity index (χ2v) is 15.3. The zero-order valence-corrected chi connectivity index (χ0v) is 34.7. The van der Waals surface area contributed by atoms with Gasteiger partial charge in [0.25, 0.3) is 0 Å². The Morgan fingerprint density at radius 1 is 0.925 bits per heavy atom. The van der Waals surface area contributed by atoms with Crippen LogP contribution >= 0.6 is 0 Å². The SMILES string of the molecule is CC(C)O.CCC(C)C(C(CC(=O)N1CCCC1C(OC)C(C)C(=O)NC(C)C(O)c1ccccc1)OC)N(C)C(=O)CNC(=O)C(C(C)C)N(C)C. The molecule has 53 heavy (non-hydrogen) atoms. The van der Waals surface area contributed by atoms with Crippen molar-refractivity contribution in [3.8, 4) is 0 Å². The predicted octanol–water partition coefficient (Wildman–Crippen LogP) is 3.23. The molecule has 1 heterocycles. The van der Waals surface area contributed by atoms with E-state index in [0.29, 0.717) is 18.5 Å². The minimum absolute atomic E-state index is 0.00522. The molecule has 304 valence electrons. The lowest BCUT2D eigenvalue weighted by molar-refractivity contribution is -0.146. The maximum Gasteiger partial charge on any atom is 0.242 e. The van der Waals surface area contributed by atoms with Gasteiger partial charge in [0, 0.05) is 33.9 Å². The third-order valence-electron chi connectivity index (χ3n) is 10.2. The number of nitrogens with one attached hydrogen (secondary N) is 2. The van der Waals surface area contributed by atoms with Gasteiger partial charge in [-0.3, -0.25) is 24.1 Å². The highest BCUT2D eigenvalue weighted by Crippen LogP contribution is 2.29. The molecule has 1 fully saturated rings. The average Bonchev–Trinajstić information content (AvgIpc) is 3.59. The van der Waals surface area contributed by atoms with Crippen LogP contribution in [0.25, 0.3) is 0 Å². The molecule has 9 unspecified atom stereocenters. The van der Waals surface area contributed by atoms with Crippen molar-refractivity contribution in [3.05, 3.63) is 35.9 Å². The van der Waals surface area contributed by atoms with Crippen LogP contribution in [0.4, 0.5) is 0 Å². The van der Waals surface area contributed by atoms with Crippen LogP contribution < -0.4 is 10.6 Å². The number of hydrogen-bond donors (Lipinski definition) is 4. The van der Waals surface area contributed by atoms with Crippen molar-refractivity contribution in [2.24, 2.45) is 17.8 Å². The number of aliphatic hydroxyl groups is 2. The summed E-state index contributed by atoms with van der Waals surface area (Å²) in [7, 11) is 8.48. The van der Waals surface area contributed by atoms with Gasteiger partial charge in [-0.2, -0.15) is 0 Å². The fourth-order valence-corrected chi connectivity index (χ4v) is 7.22. The van der Waals surface area contributed by atoms with Gasteiger partial charge in [0.15, 0.2) is 0 Å². The lowest BCUT2D eigenvalue weighted by Crippen LogP contribution is -2.55. The Bertz CT molecular complexity index is 1240. The van der Waals surface area contributed by atoms with Crippen LogP contribution in [0.5, 0.6) is 0 Å². The quantitative estimate of drug-likeness (QED) is 0.167. The normalized spacial score (nSPS) is 19.0. The van der Waals surface area contributed by atoms with Crippen molar-refractivity contribution in [2.75, 3.05) is 48.5 Å². The van der Waals surface area contributed by atoms with E-state index in [1.165, 1.54) is 0 Å². The molecule has 0 aromatic heterocycles. The standard InChI is InChI=1S/C37H63N5O7.C3H8O/c1-12-24(4)33(41(9)31(44)22-38-37(47)32(23(2)3)40(7)8)29(48-10)21-30(43)42-20-16-19-28(42)35(49-11)25(5)36(46)39-26(6)34(45)27-17-14-13-15-18-27;1-3(2)4/h13-15,17-18,23-26,28-29,32-35,45H,12,16,19-22H2,1-11H3,(H,38,47)(H,39,46);3-4H,1-2H3. The Kier molecular flexibility index (Phi) is 21.4. The predicted molar refractivity (Wildman–Crippen MR) is 208 cm³/mol. The van der Waals surface area contributed by atoms with Crippen LogP contribution in [0.15, 0.2) is 30.3 Å². The average molecular weight is 750 g/mol. The van der Waals surface area contributed by atoms with Crippen molar-refractivity contribution in [2.45, 2.75) is 130 Å². The Morgan fingerprint density at radius 3 is 2.00 bits per heavy atom. The Labute approximate surface area is 319 Å². The van der Waals surface area contributed by atoms with Gasteiger partial charge in [0.1, 0.15) is 0 Å². The molecule has 13 nitrogen and oxygen atoms in total. The number of amides is 4. The zero-order valence-electron chi connectivity index (χ0n) is 34.7. The number of aliphatic hydroxyl groups excluding tert-OH is 2. The zero-order chi connectivity index (χ0) is 40.6. The van der Waals surface area contributed by atoms with Crippen molar-refractivity contribution in [1.82, 2.24) is 25.3 Å². The third kappa shape index (κ3) is 14.6. The summed E-state index contributed by atoms with van der Waals surface area (Å²) in [6.07, 6.45) is 0.0366. The highest BCUT2D eigenvalue weighted by Gasteiger charge is 2.42. The molecule has 1 aromatic rings. The summed E-state index contributed by atoms with van der Waals surface area (Å²) >= 11 is 0. The number of carbonyl (C=O) groups is 4. The maximum atomic E-state index is 14.0. The number of ether oxygens (including phenoxy) is 2. The Hall–Kier alpha value is -3.10. The van der Waals surface area contributed by atoms with Crippen LogP contribution in [-0.2, 0) is 28.7 Å². The number of nitrogens with zero attached hydrogens (tertiary/aromatic N) is 3. The minimum Gasteiger partial charge on any atom is -0.394 e. The number of hydrogen-bond acceptors (Lipinski definition) is 9. The lowest BCUT2D eigenvalue weighted by atomic mass is 9.90. The van der Waals surface area contributed by atoms with Crippen molar-refractivity contribution < 1.29 is 38.9 Å². The summed E-state index contributed by atoms with van der Waals surface area (Å²) in [6.45, 7) is 15.3. The van der Waals surface area contributed by atoms with Crippen LogP contribution in [0.1, 0.15) is 92.7 Å². The highest BCUT2D eigenvalue weighted by atomic mass is 16.5. The molecule has 0 radical (unpaired) electrons. The van der Waals surface area contributed by atoms with E-state index >= 15 is 0 Å². The van der Waals surface area contributed by atoms with Crippen LogP contribution in [0.2, 0.25) is 0 Å². The van der Waals surface area contributed by atoms with E-state index in [-0.39, 0.29) is 66.6 Å². The van der Waals surface area contributed by atoms with Gasteiger partial charge in [0.05, 0.1) is 61.4 Å². The smallest absolute Gasteiger partial charge is 0.242 e. The first-order valence-corrected chi connectivity index (χ1v) is 19.1. The second-order valence-electron chi connectivity index (χ2n) is 15.3. The maximum absolute atomic E-state index is 14.0. The van der Waals surface area contributed by atoms with Crippen molar-refractivity contribution in [3.63, 3.8) is 0 Å². The number of likely N-dealkylation sites (tertiary alicyclic amines) is 1. The monoisotopic (exact) mass is 750 g/mol. The first kappa shape index (κ1) is 47.9. The largest absolute Gasteiger partial charge is 0.394 e. The molecule has 0 saturated carbocycles. The molecule has 4 N–H and O–H groups in total. The van der Waals surface area contributed by atoms with E-state index in [9.17, 15) is 24.3 Å². The number of carbonyl (C=O) groups excluding carboxylic acids is 4. The van der Waals surface area contributed by atoms with E-state index in [1.54, 1.807) is 58.8 Å². The summed E-state index contributed by atoms with van der Waals surface area (Å²) in [6, 6.07) is 7.54. The first-order valence-electron chi connectivity index (χ1n) is 19.1. The molecule has 4 amide bonds. The Balaban J connectivity index is 0.00000333. The molecule has 2 rings (SSSR count). The highest BCUT2D eigenvalue weighted by molar-refractivity contribution is 5.87. The van der Waals surface area contributed by atoms with Gasteiger partial charge < -0.3 is 40.1 Å². The molecule has 1 aromatic carbocycles. The van der Waals surface area contributed by atoms with E-state index in [2.05, 4.69) is 10.6 Å². The van der Waals surface area contributed by atoms with E-state index in [4.69, 9.17) is 14.6 Å². The number of likely N-dealkylation sites (N-methyl/N-ethyl adjacent to an activating group) is 2. The molecule has 9 atom stereocenters. The molecule has 1 aliphatic heterocycles. The number of benzene rings is 1. The van der Waals surface area contributed by atoms with Gasteiger partial charge in [-0.05, 0) is 65.1 Å². The molecule has 0 spiro atoms. The Morgan fingerprint density at radius 2 is 1.51 bits per heavy atom. The molecular weight excluding hydrogens is 678 g/mol. The fraction of sp³-hybridized carbons (Fsp3) is 0.750. The molecule has 13 heteroatoms. The van der Waals surface area contributed by atoms with Gasteiger partial charge in [-0.15, -0.1) is 0 Å². The summed E-state index contributed by atoms with van der Waals surface area (Å²) in [4.78, 5) is 58.9. The molecule has 0 bridgehead atoms. The minimum atomic E-state index is -0.872. The van der Waals surface area contributed by atoms with Gasteiger partial charge in [0.2, 0.25) is 23.6 Å².